The van der Waals surface area contributed by atoms with E-state index in [9.17, 15) is 8.42 Å². The minimum absolute atomic E-state index is 0.0528. The third kappa shape index (κ3) is 5.92. The second-order valence-corrected chi connectivity index (χ2v) is 11.2. The van der Waals surface area contributed by atoms with Gasteiger partial charge in [0.1, 0.15) is 0 Å². The Labute approximate surface area is 230 Å². The number of pyridine rings is 1. The molecule has 1 aromatic carbocycles. The van der Waals surface area contributed by atoms with Crippen molar-refractivity contribution in [3.05, 3.63) is 63.7 Å². The number of hydrogen-bond acceptors (Lipinski definition) is 11. The number of nitrogens with zero attached hydrogens (tertiary/aromatic N) is 5. The van der Waals surface area contributed by atoms with E-state index in [-0.39, 0.29) is 27.2 Å². The minimum atomic E-state index is -3.24. The van der Waals surface area contributed by atoms with Gasteiger partial charge in [0.25, 0.3) is 0 Å². The number of nitrogens with two attached hydrogens (primary N) is 2. The number of methoxy groups -OCH3 is 1. The smallest absolute Gasteiger partial charge is 0.225 e. The van der Waals surface area contributed by atoms with Crippen LogP contribution in [0.1, 0.15) is 22.9 Å². The van der Waals surface area contributed by atoms with Crippen molar-refractivity contribution >= 4 is 50.6 Å². The molecule has 0 bridgehead atoms. The van der Waals surface area contributed by atoms with Gasteiger partial charge in [0.2, 0.25) is 16.0 Å². The fourth-order valence-electron chi connectivity index (χ4n) is 3.92. The first-order valence-electron chi connectivity index (χ1n) is 11.3. The fraction of sp³-hybridized carbons (Fsp3) is 0.304. The average molecular weight is 581 g/mol. The van der Waals surface area contributed by atoms with Gasteiger partial charge in [0.05, 0.1) is 29.1 Å². The van der Waals surface area contributed by atoms with E-state index in [0.717, 1.165) is 0 Å². The molecule has 5 N–H and O–H groups in total. The summed E-state index contributed by atoms with van der Waals surface area (Å²) in [6.07, 6.45) is 5.98. The SMILES string of the molecule is COc1cc(N)c(C(=N)c2cnc(N3CCN(S(C)(=O)=O)CC3)nc2)cc1O[C@H](N)c1c(Cl)cncc1Cl. The molecule has 2 aromatic heterocycles. The number of ether oxygens (including phenoxy) is 2. The average Bonchev–Trinajstić information content (AvgIpc) is 2.88. The highest BCUT2D eigenvalue weighted by Gasteiger charge is 2.25. The van der Waals surface area contributed by atoms with Gasteiger partial charge in [-0.15, -0.1) is 0 Å². The van der Waals surface area contributed by atoms with Crippen LogP contribution in [0.15, 0.2) is 36.9 Å². The third-order valence-corrected chi connectivity index (χ3v) is 7.86. The van der Waals surface area contributed by atoms with Gasteiger partial charge in [-0.1, -0.05) is 23.2 Å². The maximum Gasteiger partial charge on any atom is 0.225 e. The monoisotopic (exact) mass is 580 g/mol. The van der Waals surface area contributed by atoms with E-state index in [1.54, 1.807) is 0 Å². The number of benzene rings is 1. The molecule has 1 aliphatic rings. The maximum atomic E-state index is 11.7. The van der Waals surface area contributed by atoms with Crippen molar-refractivity contribution in [2.45, 2.75) is 6.23 Å². The zero-order valence-corrected chi connectivity index (χ0v) is 22.9. The van der Waals surface area contributed by atoms with Crippen LogP contribution in [0, 0.1) is 5.41 Å². The summed E-state index contributed by atoms with van der Waals surface area (Å²) in [4.78, 5) is 14.6. The van der Waals surface area contributed by atoms with Crippen LogP contribution in [0.5, 0.6) is 11.5 Å². The molecule has 0 spiro atoms. The summed E-state index contributed by atoms with van der Waals surface area (Å²) in [5, 5.41) is 9.21. The van der Waals surface area contributed by atoms with Gasteiger partial charge in [0, 0.05) is 79.4 Å². The zero-order chi connectivity index (χ0) is 27.6. The van der Waals surface area contributed by atoms with E-state index in [1.165, 1.54) is 54.6 Å². The van der Waals surface area contributed by atoms with Crippen molar-refractivity contribution in [1.29, 1.82) is 5.41 Å². The predicted molar refractivity (Wildman–Crippen MR) is 146 cm³/mol. The highest BCUT2D eigenvalue weighted by atomic mass is 35.5. The molecule has 15 heteroatoms. The second-order valence-electron chi connectivity index (χ2n) is 8.44. The van der Waals surface area contributed by atoms with Crippen LogP contribution in [0.3, 0.4) is 0 Å². The lowest BCUT2D eigenvalue weighted by Gasteiger charge is -2.33. The van der Waals surface area contributed by atoms with Gasteiger partial charge in [-0.3, -0.25) is 16.1 Å². The Kier molecular flexibility index (Phi) is 8.23. The maximum absolute atomic E-state index is 11.7. The lowest BCUT2D eigenvalue weighted by molar-refractivity contribution is 0.204. The number of rotatable bonds is 8. The molecule has 38 heavy (non-hydrogen) atoms. The summed E-state index contributed by atoms with van der Waals surface area (Å²) in [6.45, 7) is 1.62. The predicted octanol–water partition coefficient (Wildman–Crippen LogP) is 2.30. The van der Waals surface area contributed by atoms with Gasteiger partial charge >= 0.3 is 0 Å². The van der Waals surface area contributed by atoms with Crippen molar-refractivity contribution < 1.29 is 17.9 Å². The number of sulfonamides is 1. The van der Waals surface area contributed by atoms with Gasteiger partial charge in [-0.25, -0.2) is 18.4 Å². The summed E-state index contributed by atoms with van der Waals surface area (Å²) in [5.41, 5.74) is 13.9. The van der Waals surface area contributed by atoms with Crippen LogP contribution >= 0.6 is 23.2 Å². The van der Waals surface area contributed by atoms with Gasteiger partial charge in [0.15, 0.2) is 17.7 Å². The molecule has 202 valence electrons. The van der Waals surface area contributed by atoms with Gasteiger partial charge in [-0.2, -0.15) is 4.31 Å². The van der Waals surface area contributed by atoms with Crippen molar-refractivity contribution in [2.75, 3.05) is 50.2 Å². The van der Waals surface area contributed by atoms with E-state index in [1.807, 2.05) is 4.90 Å². The summed E-state index contributed by atoms with van der Waals surface area (Å²) in [7, 11) is -1.79. The first-order chi connectivity index (χ1) is 18.0. The quantitative estimate of drug-likeness (QED) is 0.203. The fourth-order valence-corrected chi connectivity index (χ4v) is 5.33. The minimum Gasteiger partial charge on any atom is -0.493 e. The molecule has 0 aliphatic carbocycles. The first-order valence-corrected chi connectivity index (χ1v) is 13.9. The Morgan fingerprint density at radius 2 is 1.66 bits per heavy atom. The molecule has 1 saturated heterocycles. The molecule has 0 radical (unpaired) electrons. The van der Waals surface area contributed by atoms with Gasteiger partial charge in [-0.05, 0) is 6.07 Å². The summed E-state index contributed by atoms with van der Waals surface area (Å²) < 4.78 is 36.2. The Bertz CT molecular complexity index is 1430. The number of nitrogens with one attached hydrogen (secondary N) is 1. The molecule has 1 atom stereocenters. The van der Waals surface area contributed by atoms with E-state index in [0.29, 0.717) is 54.6 Å². The Morgan fingerprint density at radius 3 is 2.21 bits per heavy atom. The van der Waals surface area contributed by atoms with E-state index >= 15 is 0 Å². The molecule has 3 aromatic rings. The van der Waals surface area contributed by atoms with Crippen LogP contribution in [-0.2, 0) is 10.0 Å². The Balaban J connectivity index is 1.55. The van der Waals surface area contributed by atoms with E-state index < -0.39 is 16.3 Å². The number of piperazine rings is 1. The van der Waals surface area contributed by atoms with Crippen LogP contribution in [0.25, 0.3) is 0 Å². The van der Waals surface area contributed by atoms with E-state index in [4.69, 9.17) is 49.6 Å². The molecule has 0 saturated carbocycles. The molecular weight excluding hydrogens is 555 g/mol. The lowest BCUT2D eigenvalue weighted by Crippen LogP contribution is -2.48. The Morgan fingerprint density at radius 1 is 1.05 bits per heavy atom. The molecule has 0 unspecified atom stereocenters. The molecule has 3 heterocycles. The highest BCUT2D eigenvalue weighted by molar-refractivity contribution is 7.88. The Hall–Kier alpha value is -3.23. The zero-order valence-electron chi connectivity index (χ0n) is 20.6. The molecular formula is C23H26Cl2N8O4S. The molecule has 4 rings (SSSR count). The van der Waals surface area contributed by atoms with Crippen LogP contribution in [0.4, 0.5) is 11.6 Å². The number of aromatic nitrogens is 3. The van der Waals surface area contributed by atoms with Crippen molar-refractivity contribution in [3.63, 3.8) is 0 Å². The topological polar surface area (TPSA) is 174 Å². The first kappa shape index (κ1) is 27.8. The van der Waals surface area contributed by atoms with Crippen LogP contribution in [0.2, 0.25) is 10.0 Å². The van der Waals surface area contributed by atoms with Crippen LogP contribution in [-0.4, -0.2) is 72.9 Å². The molecule has 1 aliphatic heterocycles. The van der Waals surface area contributed by atoms with Crippen molar-refractivity contribution in [2.24, 2.45) is 5.73 Å². The highest BCUT2D eigenvalue weighted by Crippen LogP contribution is 2.37. The third-order valence-electron chi connectivity index (χ3n) is 5.95. The van der Waals surface area contributed by atoms with Crippen LogP contribution < -0.4 is 25.8 Å². The van der Waals surface area contributed by atoms with Gasteiger partial charge < -0.3 is 20.1 Å². The number of halogens is 2. The molecule has 0 amide bonds. The van der Waals surface area contributed by atoms with Crippen molar-refractivity contribution in [1.82, 2.24) is 19.3 Å². The normalized spacial score (nSPS) is 15.2. The van der Waals surface area contributed by atoms with E-state index in [2.05, 4.69) is 15.0 Å². The van der Waals surface area contributed by atoms with Crippen molar-refractivity contribution in [3.8, 4) is 11.5 Å². The number of anilines is 2. The summed E-state index contributed by atoms with van der Waals surface area (Å²) in [6, 6.07) is 3.07. The largest absolute Gasteiger partial charge is 0.493 e. The number of nitrogen functional groups attached to an aromatic ring is 1. The number of hydrogen-bond donors (Lipinski definition) is 3. The summed E-state index contributed by atoms with van der Waals surface area (Å²) >= 11 is 12.4. The molecule has 1 fully saturated rings. The second kappa shape index (κ2) is 11.3. The summed E-state index contributed by atoms with van der Waals surface area (Å²) in [5.74, 6) is 0.966. The lowest BCUT2D eigenvalue weighted by atomic mass is 10.0. The standard InChI is InChI=1S/C23H26Cl2N8O4S/c1-36-18-8-17(26)14(7-19(18)37-22(28)20-15(24)11-29-12-16(20)25)21(27)13-9-30-23(31-10-13)32-3-5-33(6-4-32)38(2,34)35/h7-12,22,27H,3-6,26,28H2,1-2H3/t22-/m0/s1. The molecule has 12 nitrogen and oxygen atoms in total.